The zero-order chi connectivity index (χ0) is 13.0. The molecule has 0 fully saturated rings. The van der Waals surface area contributed by atoms with Crippen LogP contribution in [0.3, 0.4) is 0 Å². The van der Waals surface area contributed by atoms with E-state index in [4.69, 9.17) is 0 Å². The summed E-state index contributed by atoms with van der Waals surface area (Å²) in [6.45, 7) is 10.5. The van der Waals surface area contributed by atoms with Crippen molar-refractivity contribution in [1.82, 2.24) is 9.99 Å². The molecule has 1 heterocycles. The topological polar surface area (TPSA) is 46.1 Å². The maximum atomic E-state index is 11.7. The Morgan fingerprint density at radius 3 is 2.24 bits per heavy atom. The molecule has 0 saturated heterocycles. The van der Waals surface area contributed by atoms with Crippen LogP contribution in [0.2, 0.25) is 0 Å². The number of rotatable bonds is 5. The van der Waals surface area contributed by atoms with E-state index in [0.29, 0.717) is 12.5 Å². The van der Waals surface area contributed by atoms with Crippen LogP contribution in [0, 0.1) is 19.8 Å². The first-order valence-electron chi connectivity index (χ1n) is 6.10. The summed E-state index contributed by atoms with van der Waals surface area (Å²) in [6.07, 6.45) is 0. The third-order valence-corrected chi connectivity index (χ3v) is 3.06. The molecule has 17 heavy (non-hydrogen) atoms. The summed E-state index contributed by atoms with van der Waals surface area (Å²) in [5.41, 5.74) is 5.32. The molecule has 1 unspecified atom stereocenters. The summed E-state index contributed by atoms with van der Waals surface area (Å²) in [5.74, 6) is 0.479. The van der Waals surface area contributed by atoms with E-state index in [-0.39, 0.29) is 11.9 Å². The Morgan fingerprint density at radius 1 is 1.24 bits per heavy atom. The first-order chi connectivity index (χ1) is 7.91. The smallest absolute Gasteiger partial charge is 0.241 e. The van der Waals surface area contributed by atoms with E-state index in [2.05, 4.69) is 24.6 Å². The monoisotopic (exact) mass is 237 g/mol. The molecule has 1 atom stereocenters. The average Bonchev–Trinajstić information content (AvgIpc) is 2.56. The Kier molecular flexibility index (Phi) is 4.61. The maximum Gasteiger partial charge on any atom is 0.241 e. The molecule has 0 saturated carbocycles. The second kappa shape index (κ2) is 5.75. The highest BCUT2D eigenvalue weighted by Crippen LogP contribution is 2.03. The zero-order valence-electron chi connectivity index (χ0n) is 11.4. The predicted molar refractivity (Wildman–Crippen MR) is 70.6 cm³/mol. The van der Waals surface area contributed by atoms with Gasteiger partial charge >= 0.3 is 0 Å². The Balaban J connectivity index is 2.44. The molecule has 0 aromatic carbocycles. The number of nitrogens with zero attached hydrogens (tertiary/aromatic N) is 1. The van der Waals surface area contributed by atoms with E-state index in [1.165, 1.54) is 0 Å². The van der Waals surface area contributed by atoms with Gasteiger partial charge in [-0.05, 0) is 38.8 Å². The standard InChI is InChI=1S/C13H23N3O/c1-9(2)12(5)15-13(17)8-14-16-10(3)6-7-11(16)4/h6-7,9,12,14H,8H2,1-5H3,(H,15,17). The lowest BCUT2D eigenvalue weighted by atomic mass is 10.1. The summed E-state index contributed by atoms with van der Waals surface area (Å²) in [7, 11) is 0. The summed E-state index contributed by atoms with van der Waals surface area (Å²) >= 11 is 0. The van der Waals surface area contributed by atoms with Crippen LogP contribution in [0.5, 0.6) is 0 Å². The third-order valence-electron chi connectivity index (χ3n) is 3.06. The highest BCUT2D eigenvalue weighted by Gasteiger charge is 2.10. The Labute approximate surface area is 103 Å². The lowest BCUT2D eigenvalue weighted by molar-refractivity contribution is -0.120. The van der Waals surface area contributed by atoms with E-state index in [0.717, 1.165) is 11.4 Å². The van der Waals surface area contributed by atoms with E-state index >= 15 is 0 Å². The van der Waals surface area contributed by atoms with Gasteiger partial charge in [0.2, 0.25) is 5.91 Å². The van der Waals surface area contributed by atoms with Crippen LogP contribution in [0.4, 0.5) is 0 Å². The highest BCUT2D eigenvalue weighted by molar-refractivity contribution is 5.79. The number of amides is 1. The first kappa shape index (κ1) is 13.6. The van der Waals surface area contributed by atoms with Crippen molar-refractivity contribution < 1.29 is 4.79 Å². The van der Waals surface area contributed by atoms with E-state index in [1.807, 2.05) is 37.6 Å². The summed E-state index contributed by atoms with van der Waals surface area (Å²) in [6, 6.07) is 4.25. The van der Waals surface area contributed by atoms with Crippen LogP contribution in [0.25, 0.3) is 0 Å². The van der Waals surface area contributed by atoms with Gasteiger partial charge < -0.3 is 10.7 Å². The van der Waals surface area contributed by atoms with E-state index in [9.17, 15) is 4.79 Å². The first-order valence-corrected chi connectivity index (χ1v) is 6.10. The van der Waals surface area contributed by atoms with Gasteiger partial charge in [-0.1, -0.05) is 13.8 Å². The molecular weight excluding hydrogens is 214 g/mol. The predicted octanol–water partition coefficient (Wildman–Crippen LogP) is 1.81. The fourth-order valence-electron chi connectivity index (χ4n) is 1.54. The fourth-order valence-corrected chi connectivity index (χ4v) is 1.54. The second-order valence-corrected chi connectivity index (χ2v) is 4.89. The van der Waals surface area contributed by atoms with Crippen molar-refractivity contribution in [3.05, 3.63) is 23.5 Å². The van der Waals surface area contributed by atoms with Crippen molar-refractivity contribution in [2.24, 2.45) is 5.92 Å². The van der Waals surface area contributed by atoms with Gasteiger partial charge in [0.1, 0.15) is 6.54 Å². The number of hydrogen-bond donors (Lipinski definition) is 2. The Bertz CT molecular complexity index is 363. The summed E-state index contributed by atoms with van der Waals surface area (Å²) in [4.78, 5) is 11.7. The molecule has 2 N–H and O–H groups in total. The van der Waals surface area contributed by atoms with Crippen LogP contribution in [0.1, 0.15) is 32.2 Å². The quantitative estimate of drug-likeness (QED) is 0.820. The number of carbonyl (C=O) groups is 1. The van der Waals surface area contributed by atoms with Crippen LogP contribution < -0.4 is 10.7 Å². The van der Waals surface area contributed by atoms with E-state index < -0.39 is 0 Å². The summed E-state index contributed by atoms with van der Waals surface area (Å²) in [5, 5.41) is 2.97. The molecule has 4 nitrogen and oxygen atoms in total. The molecule has 1 rings (SSSR count). The van der Waals surface area contributed by atoms with Crippen LogP contribution in [-0.4, -0.2) is 23.2 Å². The molecule has 0 aliphatic carbocycles. The second-order valence-electron chi connectivity index (χ2n) is 4.89. The molecule has 0 radical (unpaired) electrons. The number of aryl methyl sites for hydroxylation is 2. The molecule has 1 aromatic rings. The Hall–Kier alpha value is -1.45. The van der Waals surface area contributed by atoms with Gasteiger partial charge in [0.15, 0.2) is 0 Å². The van der Waals surface area contributed by atoms with Crippen molar-refractivity contribution >= 4 is 5.91 Å². The SMILES string of the molecule is Cc1ccc(C)n1NCC(=O)NC(C)C(C)C. The minimum Gasteiger partial charge on any atom is -0.352 e. The summed E-state index contributed by atoms with van der Waals surface area (Å²) < 4.78 is 1.93. The van der Waals surface area contributed by atoms with Gasteiger partial charge in [0, 0.05) is 17.4 Å². The van der Waals surface area contributed by atoms with Crippen LogP contribution in [-0.2, 0) is 4.79 Å². The van der Waals surface area contributed by atoms with Crippen molar-refractivity contribution in [1.29, 1.82) is 0 Å². The lowest BCUT2D eigenvalue weighted by Gasteiger charge is -2.18. The van der Waals surface area contributed by atoms with Crippen molar-refractivity contribution in [2.45, 2.75) is 40.7 Å². The zero-order valence-corrected chi connectivity index (χ0v) is 11.4. The van der Waals surface area contributed by atoms with Gasteiger partial charge in [-0.2, -0.15) is 0 Å². The molecule has 0 spiro atoms. The molecular formula is C13H23N3O. The van der Waals surface area contributed by atoms with Crippen LogP contribution >= 0.6 is 0 Å². The fraction of sp³-hybridized carbons (Fsp3) is 0.615. The minimum absolute atomic E-state index is 0.0266. The van der Waals surface area contributed by atoms with Crippen LogP contribution in [0.15, 0.2) is 12.1 Å². The molecule has 1 aromatic heterocycles. The number of carbonyl (C=O) groups excluding carboxylic acids is 1. The van der Waals surface area contributed by atoms with Gasteiger partial charge in [0.25, 0.3) is 0 Å². The largest absolute Gasteiger partial charge is 0.352 e. The normalized spacial score (nSPS) is 12.6. The third kappa shape index (κ3) is 3.80. The van der Waals surface area contributed by atoms with Gasteiger partial charge in [-0.3, -0.25) is 9.47 Å². The molecule has 0 aliphatic heterocycles. The van der Waals surface area contributed by atoms with Crippen molar-refractivity contribution in [2.75, 3.05) is 12.0 Å². The molecule has 96 valence electrons. The number of aromatic nitrogens is 1. The molecule has 1 amide bonds. The molecule has 0 aliphatic rings. The highest BCUT2D eigenvalue weighted by atomic mass is 16.2. The minimum atomic E-state index is 0.0266. The Morgan fingerprint density at radius 2 is 1.76 bits per heavy atom. The average molecular weight is 237 g/mol. The maximum absolute atomic E-state index is 11.7. The number of hydrogen-bond acceptors (Lipinski definition) is 2. The molecule has 0 bridgehead atoms. The van der Waals surface area contributed by atoms with Gasteiger partial charge in [-0.15, -0.1) is 0 Å². The number of nitrogens with one attached hydrogen (secondary N) is 2. The van der Waals surface area contributed by atoms with E-state index in [1.54, 1.807) is 0 Å². The lowest BCUT2D eigenvalue weighted by Crippen LogP contribution is -2.41. The molecule has 4 heteroatoms. The van der Waals surface area contributed by atoms with Crippen molar-refractivity contribution in [3.63, 3.8) is 0 Å². The van der Waals surface area contributed by atoms with Gasteiger partial charge in [0.05, 0.1) is 0 Å². The van der Waals surface area contributed by atoms with Gasteiger partial charge in [-0.25, -0.2) is 0 Å². The van der Waals surface area contributed by atoms with Crippen molar-refractivity contribution in [3.8, 4) is 0 Å².